The Balaban J connectivity index is -0.0000000112. The molecule has 12 heavy (non-hydrogen) atoms. The van der Waals surface area contributed by atoms with E-state index in [2.05, 4.69) is 0 Å². The molecule has 0 amide bonds. The van der Waals surface area contributed by atoms with Gasteiger partial charge in [0.1, 0.15) is 0 Å². The van der Waals surface area contributed by atoms with Crippen LogP contribution in [0, 0.1) is 0 Å². The molecule has 0 bridgehead atoms. The van der Waals surface area contributed by atoms with Crippen molar-refractivity contribution in [1.82, 2.24) is 0 Å². The van der Waals surface area contributed by atoms with Crippen molar-refractivity contribution in [2.24, 2.45) is 0 Å². The molecule has 0 atom stereocenters. The fraction of sp³-hybridized carbons (Fsp3) is 0. The van der Waals surface area contributed by atoms with E-state index in [1.54, 1.807) is 0 Å². The Bertz CT molecular complexity index is 78.8. The van der Waals surface area contributed by atoms with E-state index in [0.29, 0.717) is 0 Å². The van der Waals surface area contributed by atoms with Crippen LogP contribution >= 0.6 is 0 Å². The molecule has 0 heterocycles. The molecule has 64 valence electrons. The first-order valence-electron chi connectivity index (χ1n) is 1.30. The molecular formula is C2H12Ca3MgO6. The molecule has 4 N–H and O–H groups in total. The summed E-state index contributed by atoms with van der Waals surface area (Å²) in [6.45, 7) is 0. The van der Waals surface area contributed by atoms with Crippen LogP contribution in [0.15, 0.2) is 0 Å². The molecule has 0 aliphatic carbocycles. The summed E-state index contributed by atoms with van der Waals surface area (Å²) in [5, 5.41) is 27.9. The van der Waals surface area contributed by atoms with Gasteiger partial charge in [0.05, 0.1) is 0 Å². The second kappa shape index (κ2) is 29.2. The van der Waals surface area contributed by atoms with Crippen LogP contribution in [-0.4, -0.2) is 169 Å². The summed E-state index contributed by atoms with van der Waals surface area (Å²) in [5.41, 5.74) is 0. The first-order chi connectivity index (χ1) is 3.46. The van der Waals surface area contributed by atoms with E-state index in [0.717, 1.165) is 0 Å². The van der Waals surface area contributed by atoms with E-state index in [1.165, 1.54) is 0 Å². The maximum Gasteiger partial charge on any atom is 0.316 e. The van der Waals surface area contributed by atoms with Crippen LogP contribution in [0.2, 0.25) is 0 Å². The third-order valence-corrected chi connectivity index (χ3v) is 0. The normalized spacial score (nSPS) is 4.00. The Kier molecular flexibility index (Phi) is 88.3. The van der Waals surface area contributed by atoms with E-state index >= 15 is 0 Å². The molecule has 0 aromatic rings. The molecule has 0 saturated heterocycles. The molecule has 6 nitrogen and oxygen atoms in total. The Hall–Kier alpha value is 3.09. The maximum atomic E-state index is 8.56. The van der Waals surface area contributed by atoms with Gasteiger partial charge in [-0.05, 0) is 0 Å². The molecule has 0 radical (unpaired) electrons. The second-order valence-corrected chi connectivity index (χ2v) is 0.565. The predicted molar refractivity (Wildman–Crippen MR) is 55.5 cm³/mol. The molecule has 0 unspecified atom stereocenters. The van der Waals surface area contributed by atoms with Crippen molar-refractivity contribution in [1.29, 1.82) is 0 Å². The standard InChI is InChI=1S/2CH2O3.3Ca.Mg.8H/c2*2-1(3)4;;;;;;;;;;;;/h2*(H2,2,3,4);;;;;;;;;;;;. The van der Waals surface area contributed by atoms with Gasteiger partial charge < -0.3 is 20.4 Å². The number of rotatable bonds is 0. The van der Waals surface area contributed by atoms with Crippen molar-refractivity contribution >= 4 is 149 Å². The summed E-state index contributed by atoms with van der Waals surface area (Å²) in [4.78, 5) is 17.1. The van der Waals surface area contributed by atoms with Crippen LogP contribution in [-0.2, 0) is 0 Å². The number of hydrogen-bond donors (Lipinski definition) is 4. The van der Waals surface area contributed by atoms with Gasteiger partial charge in [0.2, 0.25) is 0 Å². The summed E-state index contributed by atoms with van der Waals surface area (Å²) in [6.07, 6.45) is -3.67. The van der Waals surface area contributed by atoms with Crippen LogP contribution in [0.25, 0.3) is 0 Å². The van der Waals surface area contributed by atoms with Crippen molar-refractivity contribution < 1.29 is 30.0 Å². The summed E-state index contributed by atoms with van der Waals surface area (Å²) in [5.74, 6) is 0. The molecule has 0 aliphatic rings. The summed E-state index contributed by atoms with van der Waals surface area (Å²) < 4.78 is 0. The van der Waals surface area contributed by atoms with Crippen molar-refractivity contribution in [2.45, 2.75) is 0 Å². The third kappa shape index (κ3) is 201. The molecule has 10 heteroatoms. The molecule has 0 aliphatic heterocycles. The number of carboxylic acid groups (broad SMARTS) is 4. The van der Waals surface area contributed by atoms with Crippen LogP contribution in [0.5, 0.6) is 0 Å². The first-order valence-corrected chi connectivity index (χ1v) is 1.30. The zero-order valence-corrected chi connectivity index (χ0v) is 3.61. The Morgan fingerprint density at radius 1 is 0.667 bits per heavy atom. The van der Waals surface area contributed by atoms with Crippen LogP contribution in [0.4, 0.5) is 9.59 Å². The van der Waals surface area contributed by atoms with Crippen molar-refractivity contribution in [2.75, 3.05) is 0 Å². The molecule has 0 fully saturated rings. The van der Waals surface area contributed by atoms with Gasteiger partial charge in [0.15, 0.2) is 0 Å². The second-order valence-electron chi connectivity index (χ2n) is 0.565. The zero-order chi connectivity index (χ0) is 7.15. The minimum Gasteiger partial charge on any atom is 0.316 e. The molecule has 0 rings (SSSR count). The summed E-state index contributed by atoms with van der Waals surface area (Å²) in [6, 6.07) is 0. The van der Waals surface area contributed by atoms with E-state index < -0.39 is 12.3 Å². The first kappa shape index (κ1) is 36.3. The minimum atomic E-state index is -1.83. The molecule has 0 spiro atoms. The molecular weight excluding hydrogens is 265 g/mol. The van der Waals surface area contributed by atoms with Crippen molar-refractivity contribution in [3.8, 4) is 0 Å². The third-order valence-electron chi connectivity index (χ3n) is 0. The molecule has 0 aromatic carbocycles. The van der Waals surface area contributed by atoms with Gasteiger partial charge in [0.25, 0.3) is 0 Å². The van der Waals surface area contributed by atoms with Gasteiger partial charge in [-0.2, -0.15) is 0 Å². The Labute approximate surface area is 174 Å². The number of carbonyl (C=O) groups is 2. The zero-order valence-electron chi connectivity index (χ0n) is 3.61. The molecule has 0 saturated carbocycles. The fourth-order valence-corrected chi connectivity index (χ4v) is 0. The van der Waals surface area contributed by atoms with Gasteiger partial charge in [-0.15, -0.1) is 0 Å². The van der Waals surface area contributed by atoms with E-state index in [9.17, 15) is 0 Å². The Morgan fingerprint density at radius 3 is 0.667 bits per heavy atom. The Morgan fingerprint density at radius 2 is 0.667 bits per heavy atom. The topological polar surface area (TPSA) is 115 Å². The van der Waals surface area contributed by atoms with E-state index in [1.807, 2.05) is 0 Å². The fourth-order valence-electron chi connectivity index (χ4n) is 0. The predicted octanol–water partition coefficient (Wildman–Crippen LogP) is -3.22. The summed E-state index contributed by atoms with van der Waals surface area (Å²) >= 11 is 0. The van der Waals surface area contributed by atoms with Crippen molar-refractivity contribution in [3.05, 3.63) is 0 Å². The van der Waals surface area contributed by atoms with Gasteiger partial charge in [0, 0.05) is 0 Å². The van der Waals surface area contributed by atoms with Gasteiger partial charge >= 0.3 is 149 Å². The summed E-state index contributed by atoms with van der Waals surface area (Å²) in [7, 11) is 0. The van der Waals surface area contributed by atoms with E-state index in [4.69, 9.17) is 30.0 Å². The number of hydrogen-bond acceptors (Lipinski definition) is 2. The average Bonchev–Trinajstić information content (AvgIpc) is 1.25. The van der Waals surface area contributed by atoms with E-state index in [-0.39, 0.29) is 136 Å². The monoisotopic (exact) mass is 276 g/mol. The van der Waals surface area contributed by atoms with Crippen molar-refractivity contribution in [3.63, 3.8) is 0 Å². The van der Waals surface area contributed by atoms with Crippen LogP contribution in [0.3, 0.4) is 0 Å². The SMILES string of the molecule is O=C(O)O.O=C(O)O.[CaH2].[CaH2].[CaH2].[MgH2]. The largest absolute Gasteiger partial charge is 0.316 e. The quantitative estimate of drug-likeness (QED) is 0.346. The van der Waals surface area contributed by atoms with Crippen LogP contribution < -0.4 is 0 Å². The average molecular weight is 277 g/mol. The molecule has 0 aromatic heterocycles. The van der Waals surface area contributed by atoms with Gasteiger partial charge in [-0.1, -0.05) is 0 Å². The minimum absolute atomic E-state index is 0. The van der Waals surface area contributed by atoms with Gasteiger partial charge in [-0.25, -0.2) is 9.59 Å². The van der Waals surface area contributed by atoms with Crippen LogP contribution in [0.1, 0.15) is 0 Å². The smallest absolute Gasteiger partial charge is 0.316 e. The maximum absolute atomic E-state index is 8.56. The van der Waals surface area contributed by atoms with Gasteiger partial charge in [-0.3, -0.25) is 0 Å².